The summed E-state index contributed by atoms with van der Waals surface area (Å²) < 4.78 is 22.3. The number of oxazole rings is 1. The second-order valence-corrected chi connectivity index (χ2v) is 5.86. The number of hydrogen-bond acceptors (Lipinski definition) is 7. The molecule has 2 aromatic heterocycles. The molecule has 1 atom stereocenters. The smallest absolute Gasteiger partial charge is 0.307 e. The molecule has 0 bridgehead atoms. The van der Waals surface area contributed by atoms with E-state index in [1.165, 1.54) is 12.5 Å². The van der Waals surface area contributed by atoms with Gasteiger partial charge in [0, 0.05) is 24.0 Å². The van der Waals surface area contributed by atoms with Crippen molar-refractivity contribution >= 4 is 5.91 Å². The van der Waals surface area contributed by atoms with Crippen molar-refractivity contribution in [3.8, 4) is 17.2 Å². The van der Waals surface area contributed by atoms with Gasteiger partial charge < -0.3 is 23.9 Å². The van der Waals surface area contributed by atoms with Crippen LogP contribution in [0.15, 0.2) is 59.6 Å². The average molecular weight is 367 g/mol. The van der Waals surface area contributed by atoms with Gasteiger partial charge in [-0.1, -0.05) is 6.07 Å². The maximum atomic E-state index is 11.9. The Morgan fingerprint density at radius 2 is 2.22 bits per heavy atom. The fourth-order valence-electron chi connectivity index (χ4n) is 2.55. The van der Waals surface area contributed by atoms with Crippen molar-refractivity contribution in [2.24, 2.45) is 0 Å². The van der Waals surface area contributed by atoms with Gasteiger partial charge in [0.1, 0.15) is 31.3 Å². The van der Waals surface area contributed by atoms with E-state index in [0.29, 0.717) is 30.5 Å². The highest BCUT2D eigenvalue weighted by atomic mass is 16.6. The number of aromatic nitrogens is 2. The summed E-state index contributed by atoms with van der Waals surface area (Å²) >= 11 is 0. The van der Waals surface area contributed by atoms with Crippen molar-refractivity contribution in [2.45, 2.75) is 12.7 Å². The van der Waals surface area contributed by atoms with Crippen molar-refractivity contribution < 1.29 is 23.4 Å². The van der Waals surface area contributed by atoms with Crippen LogP contribution < -0.4 is 19.5 Å². The van der Waals surface area contributed by atoms with Crippen LogP contribution in [0.3, 0.4) is 0 Å². The van der Waals surface area contributed by atoms with Gasteiger partial charge in [-0.3, -0.25) is 9.78 Å². The van der Waals surface area contributed by atoms with E-state index in [4.69, 9.17) is 18.6 Å². The van der Waals surface area contributed by atoms with Crippen molar-refractivity contribution in [1.82, 2.24) is 15.3 Å². The quantitative estimate of drug-likeness (QED) is 0.714. The first kappa shape index (κ1) is 16.9. The summed E-state index contributed by atoms with van der Waals surface area (Å²) in [6, 6.07) is 9.20. The molecule has 138 valence electrons. The summed E-state index contributed by atoms with van der Waals surface area (Å²) in [6.07, 6.45) is 5.90. The van der Waals surface area contributed by atoms with Crippen molar-refractivity contribution in [1.29, 1.82) is 0 Å². The molecule has 0 saturated heterocycles. The number of carbonyl (C=O) groups is 1. The van der Waals surface area contributed by atoms with Crippen molar-refractivity contribution in [2.75, 3.05) is 13.2 Å². The van der Waals surface area contributed by atoms with Gasteiger partial charge in [0.05, 0.1) is 12.7 Å². The predicted molar refractivity (Wildman–Crippen MR) is 93.8 cm³/mol. The zero-order valence-electron chi connectivity index (χ0n) is 14.3. The Labute approximate surface area is 155 Å². The largest absolute Gasteiger partial charge is 0.489 e. The summed E-state index contributed by atoms with van der Waals surface area (Å²) in [7, 11) is 0. The summed E-state index contributed by atoms with van der Waals surface area (Å²) in [5.74, 6) is 1.48. The van der Waals surface area contributed by atoms with Crippen LogP contribution in [0.25, 0.3) is 0 Å². The van der Waals surface area contributed by atoms with E-state index < -0.39 is 5.91 Å². The number of ether oxygens (including phenoxy) is 3. The fraction of sp³-hybridized carbons (Fsp3) is 0.211. The number of nitrogens with one attached hydrogen (secondary N) is 1. The number of benzene rings is 1. The van der Waals surface area contributed by atoms with Gasteiger partial charge in [0.2, 0.25) is 0 Å². The number of rotatable bonds is 6. The molecule has 3 aromatic rings. The summed E-state index contributed by atoms with van der Waals surface area (Å²) in [4.78, 5) is 19.7. The van der Waals surface area contributed by atoms with Crippen LogP contribution in [0, 0.1) is 0 Å². The number of amides is 1. The highest BCUT2D eigenvalue weighted by Gasteiger charge is 2.23. The van der Waals surface area contributed by atoms with Crippen LogP contribution in [0.2, 0.25) is 0 Å². The molecule has 1 aromatic carbocycles. The first-order valence-corrected chi connectivity index (χ1v) is 8.41. The first-order chi connectivity index (χ1) is 13.3. The zero-order chi connectivity index (χ0) is 18.5. The normalized spacial score (nSPS) is 15.2. The van der Waals surface area contributed by atoms with Gasteiger partial charge in [-0.05, 0) is 18.2 Å². The molecule has 0 spiro atoms. The monoisotopic (exact) mass is 367 g/mol. The van der Waals surface area contributed by atoms with Crippen LogP contribution in [0.5, 0.6) is 17.2 Å². The molecule has 27 heavy (non-hydrogen) atoms. The zero-order valence-corrected chi connectivity index (χ0v) is 14.3. The molecule has 0 aliphatic carbocycles. The highest BCUT2D eigenvalue weighted by molar-refractivity contribution is 5.89. The molecule has 1 amide bonds. The Hall–Kier alpha value is -3.55. The Morgan fingerprint density at radius 1 is 1.26 bits per heavy atom. The molecule has 1 aliphatic heterocycles. The van der Waals surface area contributed by atoms with Crippen molar-refractivity contribution in [3.05, 3.63) is 66.6 Å². The third-order valence-corrected chi connectivity index (χ3v) is 3.88. The Morgan fingerprint density at radius 3 is 3.04 bits per heavy atom. The topological polar surface area (TPSA) is 95.7 Å². The molecule has 0 unspecified atom stereocenters. The van der Waals surface area contributed by atoms with E-state index in [9.17, 15) is 4.79 Å². The second-order valence-electron chi connectivity index (χ2n) is 5.86. The van der Waals surface area contributed by atoms with E-state index in [1.807, 2.05) is 18.2 Å². The molecule has 1 aliphatic rings. The lowest BCUT2D eigenvalue weighted by Gasteiger charge is -2.26. The Kier molecular flexibility index (Phi) is 4.86. The van der Waals surface area contributed by atoms with E-state index in [1.54, 1.807) is 24.5 Å². The number of carbonyl (C=O) groups excluding carboxylic acids is 1. The lowest BCUT2D eigenvalue weighted by molar-refractivity contribution is 0.0766. The summed E-state index contributed by atoms with van der Waals surface area (Å²) in [6.45, 7) is 0.999. The molecular formula is C19H17N3O5. The fourth-order valence-corrected chi connectivity index (χ4v) is 2.55. The molecule has 8 heteroatoms. The van der Waals surface area contributed by atoms with Crippen LogP contribution in [-0.2, 0) is 6.61 Å². The minimum Gasteiger partial charge on any atom is -0.489 e. The summed E-state index contributed by atoms with van der Waals surface area (Å²) in [5.41, 5.74) is 0.972. The highest BCUT2D eigenvalue weighted by Crippen LogP contribution is 2.35. The maximum absolute atomic E-state index is 11.9. The molecule has 8 nitrogen and oxygen atoms in total. The molecular weight excluding hydrogens is 350 g/mol. The van der Waals surface area contributed by atoms with Crippen LogP contribution in [0.4, 0.5) is 0 Å². The van der Waals surface area contributed by atoms with E-state index in [2.05, 4.69) is 15.3 Å². The summed E-state index contributed by atoms with van der Waals surface area (Å²) in [5, 5.41) is 2.71. The van der Waals surface area contributed by atoms with Gasteiger partial charge in [-0.15, -0.1) is 0 Å². The van der Waals surface area contributed by atoms with Gasteiger partial charge >= 0.3 is 5.91 Å². The average Bonchev–Trinajstić information content (AvgIpc) is 3.26. The van der Waals surface area contributed by atoms with Gasteiger partial charge in [0.25, 0.3) is 5.89 Å². The number of hydrogen-bond donors (Lipinski definition) is 1. The number of nitrogens with zero attached hydrogens (tertiary/aromatic N) is 2. The minimum absolute atomic E-state index is 0.0122. The maximum Gasteiger partial charge on any atom is 0.307 e. The van der Waals surface area contributed by atoms with Crippen molar-refractivity contribution in [3.63, 3.8) is 0 Å². The van der Waals surface area contributed by atoms with Crippen LogP contribution >= 0.6 is 0 Å². The Bertz CT molecular complexity index is 899. The first-order valence-electron chi connectivity index (χ1n) is 8.41. The SMILES string of the molecule is O=C(NC[C@@H]1COc2ccc(OCc3cccnc3)cc2O1)c1ncco1. The standard InChI is InChI=1S/C19H17N3O5/c23-18(19-21-6-7-24-19)22-10-15-12-26-16-4-3-14(8-17(16)27-15)25-11-13-2-1-5-20-9-13/h1-9,15H,10-12H2,(H,22,23)/t15-/m1/s1. The Balaban J connectivity index is 1.34. The van der Waals surface area contributed by atoms with Crippen LogP contribution in [0.1, 0.15) is 16.2 Å². The molecule has 0 radical (unpaired) electrons. The van der Waals surface area contributed by atoms with Gasteiger partial charge in [0.15, 0.2) is 11.5 Å². The molecule has 0 saturated carbocycles. The van der Waals surface area contributed by atoms with E-state index in [0.717, 1.165) is 5.56 Å². The lowest BCUT2D eigenvalue weighted by atomic mass is 10.2. The van der Waals surface area contributed by atoms with Gasteiger partial charge in [-0.2, -0.15) is 0 Å². The number of pyridine rings is 1. The van der Waals surface area contributed by atoms with E-state index >= 15 is 0 Å². The minimum atomic E-state index is -0.400. The van der Waals surface area contributed by atoms with Crippen LogP contribution in [-0.4, -0.2) is 35.1 Å². The third kappa shape index (κ3) is 4.17. The van der Waals surface area contributed by atoms with Gasteiger partial charge in [-0.25, -0.2) is 4.98 Å². The number of fused-ring (bicyclic) bond motifs is 1. The second kappa shape index (κ2) is 7.77. The molecule has 0 fully saturated rings. The third-order valence-electron chi connectivity index (χ3n) is 3.88. The molecule has 3 heterocycles. The van der Waals surface area contributed by atoms with E-state index in [-0.39, 0.29) is 18.5 Å². The lowest BCUT2D eigenvalue weighted by Crippen LogP contribution is -2.40. The molecule has 1 N–H and O–H groups in total. The molecule has 4 rings (SSSR count). The predicted octanol–water partition coefficient (Wildman–Crippen LogP) is 2.22.